The Morgan fingerprint density at radius 3 is 2.33 bits per heavy atom. The molecule has 0 saturated heterocycles. The van der Waals surface area contributed by atoms with Crippen LogP contribution in [0.4, 0.5) is 0 Å². The average Bonchev–Trinajstić information content (AvgIpc) is 2.02. The maximum atomic E-state index is 11.1. The van der Waals surface area contributed by atoms with Crippen LogP contribution in [-0.4, -0.2) is 22.2 Å². The minimum absolute atomic E-state index is 0. The van der Waals surface area contributed by atoms with Crippen LogP contribution < -0.4 is 0 Å². The molecule has 1 aliphatic rings. The van der Waals surface area contributed by atoms with E-state index in [0.29, 0.717) is 17.8 Å². The van der Waals surface area contributed by atoms with Gasteiger partial charge in [0.25, 0.3) is 0 Å². The van der Waals surface area contributed by atoms with Gasteiger partial charge in [-0.25, -0.2) is 0 Å². The second-order valence-electron chi connectivity index (χ2n) is 4.90. The summed E-state index contributed by atoms with van der Waals surface area (Å²) in [5.41, 5.74) is 0.247. The molecule has 0 radical (unpaired) electrons. The van der Waals surface area contributed by atoms with E-state index in [4.69, 9.17) is 5.11 Å². The second kappa shape index (κ2) is 5.81. The molecule has 0 aliphatic heterocycles. The first-order valence-electron chi connectivity index (χ1n) is 5.43. The van der Waals surface area contributed by atoms with Gasteiger partial charge in [0.15, 0.2) is 0 Å². The van der Waals surface area contributed by atoms with Gasteiger partial charge in [0.1, 0.15) is 0 Å². The minimum Gasteiger partial charge on any atom is -0.481 e. The van der Waals surface area contributed by atoms with Gasteiger partial charge in [-0.05, 0) is 36.3 Å². The minimum atomic E-state index is -0.622. The first-order valence-corrected chi connectivity index (χ1v) is 6.10. The van der Waals surface area contributed by atoms with Crippen LogP contribution >= 0.6 is 9.24 Å². The number of carboxylic acid groups (broad SMARTS) is 1. The third-order valence-electron chi connectivity index (χ3n) is 3.62. The number of carboxylic acids is 1. The fourth-order valence-electron chi connectivity index (χ4n) is 2.66. The molecule has 3 nitrogen and oxygen atoms in total. The Kier molecular flexibility index (Phi) is 5.76. The lowest BCUT2D eigenvalue weighted by Crippen LogP contribution is -2.40. The molecule has 0 aromatic heterocycles. The number of aliphatic carboxylic acids is 1. The predicted octanol–water partition coefficient (Wildman–Crippen LogP) is 1.81. The van der Waals surface area contributed by atoms with Gasteiger partial charge in [-0.2, -0.15) is 0 Å². The molecule has 1 rings (SSSR count). The van der Waals surface area contributed by atoms with E-state index in [1.807, 2.05) is 0 Å². The molecule has 3 N–H and O–H groups in total. The summed E-state index contributed by atoms with van der Waals surface area (Å²) in [5, 5.41) is 9.17. The summed E-state index contributed by atoms with van der Waals surface area (Å²) in [6.07, 6.45) is 2.24. The fourth-order valence-corrected chi connectivity index (χ4v) is 3.84. The van der Waals surface area contributed by atoms with Gasteiger partial charge in [0.05, 0.1) is 5.92 Å². The standard InChI is InChI=1S/C11H21O2P.H2O/c1-6(2)8-5-4-7(3)9(10(8)14)11(12)13;/h6-10H,4-5,14H2,1-3H3,(H,12,13);1H2. The van der Waals surface area contributed by atoms with Crippen LogP contribution in [0.5, 0.6) is 0 Å². The number of carbonyl (C=O) groups is 1. The van der Waals surface area contributed by atoms with Crippen molar-refractivity contribution in [2.75, 3.05) is 0 Å². The summed E-state index contributed by atoms with van der Waals surface area (Å²) >= 11 is 0. The zero-order chi connectivity index (χ0) is 10.9. The van der Waals surface area contributed by atoms with Crippen molar-refractivity contribution in [3.05, 3.63) is 0 Å². The van der Waals surface area contributed by atoms with E-state index in [0.717, 1.165) is 6.42 Å². The zero-order valence-corrected chi connectivity index (χ0v) is 10.9. The molecule has 15 heavy (non-hydrogen) atoms. The van der Waals surface area contributed by atoms with Crippen molar-refractivity contribution in [3.63, 3.8) is 0 Å². The summed E-state index contributed by atoms with van der Waals surface area (Å²) in [5.74, 6) is 0.679. The first kappa shape index (κ1) is 14.9. The lowest BCUT2D eigenvalue weighted by atomic mass is 9.71. The Balaban J connectivity index is 0.00000196. The Morgan fingerprint density at radius 2 is 1.93 bits per heavy atom. The van der Waals surface area contributed by atoms with Crippen molar-refractivity contribution in [2.24, 2.45) is 23.7 Å². The third kappa shape index (κ3) is 3.15. The first-order chi connectivity index (χ1) is 6.45. The van der Waals surface area contributed by atoms with Gasteiger partial charge in [0.2, 0.25) is 0 Å². The summed E-state index contributed by atoms with van der Waals surface area (Å²) in [6, 6.07) is 0. The highest BCUT2D eigenvalue weighted by atomic mass is 31.0. The summed E-state index contributed by atoms with van der Waals surface area (Å²) in [7, 11) is 2.76. The maximum Gasteiger partial charge on any atom is 0.307 e. The quantitative estimate of drug-likeness (QED) is 0.740. The van der Waals surface area contributed by atoms with E-state index < -0.39 is 5.97 Å². The van der Waals surface area contributed by atoms with Gasteiger partial charge in [-0.3, -0.25) is 4.79 Å². The maximum absolute atomic E-state index is 11.1. The molecule has 0 heterocycles. The molecule has 1 saturated carbocycles. The molecule has 90 valence electrons. The summed E-state index contributed by atoms with van der Waals surface area (Å²) in [6.45, 7) is 6.44. The molecule has 0 aromatic carbocycles. The zero-order valence-electron chi connectivity index (χ0n) is 9.73. The molecule has 5 atom stereocenters. The SMILES string of the molecule is CC(C)C1CCC(C)C(C(=O)O)C1P.O. The van der Waals surface area contributed by atoms with E-state index in [1.54, 1.807) is 0 Å². The van der Waals surface area contributed by atoms with Gasteiger partial charge >= 0.3 is 5.97 Å². The van der Waals surface area contributed by atoms with Gasteiger partial charge in [0, 0.05) is 0 Å². The van der Waals surface area contributed by atoms with Crippen LogP contribution in [-0.2, 0) is 4.79 Å². The molecule has 5 unspecified atom stereocenters. The predicted molar refractivity (Wildman–Crippen MR) is 65.0 cm³/mol. The average molecular weight is 234 g/mol. The van der Waals surface area contributed by atoms with E-state index >= 15 is 0 Å². The molecular weight excluding hydrogens is 211 g/mol. The second-order valence-corrected chi connectivity index (χ2v) is 5.67. The monoisotopic (exact) mass is 234 g/mol. The van der Waals surface area contributed by atoms with Crippen molar-refractivity contribution in [3.8, 4) is 0 Å². The molecule has 0 amide bonds. The van der Waals surface area contributed by atoms with Crippen molar-refractivity contribution in [2.45, 2.75) is 39.3 Å². The largest absolute Gasteiger partial charge is 0.481 e. The molecule has 0 spiro atoms. The number of rotatable bonds is 2. The van der Waals surface area contributed by atoms with Crippen LogP contribution in [0.3, 0.4) is 0 Å². The topological polar surface area (TPSA) is 68.8 Å². The van der Waals surface area contributed by atoms with E-state index in [1.165, 1.54) is 6.42 Å². The molecular formula is C11H23O3P. The van der Waals surface area contributed by atoms with Crippen molar-refractivity contribution in [1.29, 1.82) is 0 Å². The van der Waals surface area contributed by atoms with E-state index in [9.17, 15) is 4.79 Å². The van der Waals surface area contributed by atoms with Crippen LogP contribution in [0.2, 0.25) is 0 Å². The smallest absolute Gasteiger partial charge is 0.307 e. The van der Waals surface area contributed by atoms with Crippen molar-refractivity contribution >= 4 is 15.2 Å². The van der Waals surface area contributed by atoms with Crippen molar-refractivity contribution in [1.82, 2.24) is 0 Å². The molecule has 1 aliphatic carbocycles. The van der Waals surface area contributed by atoms with E-state index in [2.05, 4.69) is 30.0 Å². The van der Waals surface area contributed by atoms with Crippen LogP contribution in [0.15, 0.2) is 0 Å². The lowest BCUT2D eigenvalue weighted by molar-refractivity contribution is -0.145. The Bertz CT molecular complexity index is 218. The van der Waals surface area contributed by atoms with Crippen LogP contribution in [0.1, 0.15) is 33.6 Å². The highest BCUT2D eigenvalue weighted by Gasteiger charge is 2.40. The Labute approximate surface area is 94.1 Å². The van der Waals surface area contributed by atoms with Gasteiger partial charge in [-0.1, -0.05) is 20.8 Å². The number of hydrogen-bond donors (Lipinski definition) is 1. The van der Waals surface area contributed by atoms with Gasteiger partial charge in [-0.15, -0.1) is 9.24 Å². The van der Waals surface area contributed by atoms with Gasteiger partial charge < -0.3 is 10.6 Å². The van der Waals surface area contributed by atoms with Crippen molar-refractivity contribution < 1.29 is 15.4 Å². The van der Waals surface area contributed by atoms with Crippen LogP contribution in [0, 0.1) is 23.7 Å². The van der Waals surface area contributed by atoms with Crippen LogP contribution in [0.25, 0.3) is 0 Å². The molecule has 4 heteroatoms. The number of hydrogen-bond acceptors (Lipinski definition) is 1. The Hall–Kier alpha value is -0.140. The molecule has 0 aromatic rings. The normalized spacial score (nSPS) is 36.1. The molecule has 0 bridgehead atoms. The highest BCUT2D eigenvalue weighted by Crippen LogP contribution is 2.41. The molecule has 1 fully saturated rings. The summed E-state index contributed by atoms with van der Waals surface area (Å²) < 4.78 is 0. The highest BCUT2D eigenvalue weighted by molar-refractivity contribution is 7.17. The van der Waals surface area contributed by atoms with E-state index in [-0.39, 0.29) is 17.1 Å². The third-order valence-corrected chi connectivity index (χ3v) is 4.53. The Morgan fingerprint density at radius 1 is 1.40 bits per heavy atom. The fraction of sp³-hybridized carbons (Fsp3) is 0.909. The summed E-state index contributed by atoms with van der Waals surface area (Å²) in [4.78, 5) is 11.1. The lowest BCUT2D eigenvalue weighted by Gasteiger charge is -2.39.